The summed E-state index contributed by atoms with van der Waals surface area (Å²) in [5.74, 6) is 2.25. The number of benzene rings is 1. The molecule has 6 nitrogen and oxygen atoms in total. The maximum Gasteiger partial charge on any atom is 0.233 e. The first-order chi connectivity index (χ1) is 17.6. The number of carbonyl (C=O) groups excluding carboxylic acids is 2. The van der Waals surface area contributed by atoms with Crippen LogP contribution < -0.4 is 0 Å². The third kappa shape index (κ3) is 3.72. The molecule has 6 atom stereocenters. The van der Waals surface area contributed by atoms with Crippen molar-refractivity contribution in [2.45, 2.75) is 63.7 Å². The number of carbonyl (C=O) groups is 2. The highest BCUT2D eigenvalue weighted by molar-refractivity contribution is 6.06. The van der Waals surface area contributed by atoms with Crippen molar-refractivity contribution < 1.29 is 18.5 Å². The van der Waals surface area contributed by atoms with E-state index in [4.69, 9.17) is 4.52 Å². The van der Waals surface area contributed by atoms with E-state index < -0.39 is 0 Å². The minimum absolute atomic E-state index is 0.00132. The summed E-state index contributed by atoms with van der Waals surface area (Å²) in [6.45, 7) is 3.72. The Balaban J connectivity index is 0.984. The smallest absolute Gasteiger partial charge is 0.233 e. The van der Waals surface area contributed by atoms with Gasteiger partial charge in [0.2, 0.25) is 11.8 Å². The topological polar surface area (TPSA) is 66.7 Å². The highest BCUT2D eigenvalue weighted by Crippen LogP contribution is 2.56. The average molecular weight is 494 g/mol. The lowest BCUT2D eigenvalue weighted by molar-refractivity contribution is -0.142. The molecule has 3 heterocycles. The number of rotatable bonds is 5. The second-order valence-electron chi connectivity index (χ2n) is 12.3. The summed E-state index contributed by atoms with van der Waals surface area (Å²) in [6.07, 6.45) is 10.2. The highest BCUT2D eigenvalue weighted by atomic mass is 19.1. The maximum absolute atomic E-state index is 13.5. The molecular weight excluding hydrogens is 457 g/mol. The van der Waals surface area contributed by atoms with E-state index in [0.717, 1.165) is 69.2 Å². The summed E-state index contributed by atoms with van der Waals surface area (Å²) in [7, 11) is 0. The van der Waals surface area contributed by atoms with Crippen molar-refractivity contribution in [3.63, 3.8) is 0 Å². The van der Waals surface area contributed by atoms with Crippen LogP contribution in [0.15, 0.2) is 22.7 Å². The minimum atomic E-state index is -0.296. The molecule has 36 heavy (non-hydrogen) atoms. The molecule has 1 aromatic heterocycles. The van der Waals surface area contributed by atoms with E-state index >= 15 is 0 Å². The predicted octanol–water partition coefficient (Wildman–Crippen LogP) is 4.98. The molecule has 0 radical (unpaired) electrons. The van der Waals surface area contributed by atoms with Gasteiger partial charge in [-0.1, -0.05) is 18.0 Å². The lowest BCUT2D eigenvalue weighted by atomic mass is 9.78. The van der Waals surface area contributed by atoms with Gasteiger partial charge in [-0.25, -0.2) is 4.39 Å². The van der Waals surface area contributed by atoms with Crippen LogP contribution in [-0.4, -0.2) is 52.9 Å². The van der Waals surface area contributed by atoms with E-state index in [1.165, 1.54) is 31.4 Å². The molecule has 0 spiro atoms. The van der Waals surface area contributed by atoms with Gasteiger partial charge in [-0.2, -0.15) is 0 Å². The average Bonchev–Trinajstić information content (AvgIpc) is 3.66. The number of hydrogen-bond acceptors (Lipinski definition) is 5. The van der Waals surface area contributed by atoms with Gasteiger partial charge in [0.05, 0.1) is 17.5 Å². The first kappa shape index (κ1) is 22.9. The Morgan fingerprint density at radius 3 is 2.25 bits per heavy atom. The molecule has 6 unspecified atom stereocenters. The van der Waals surface area contributed by atoms with Gasteiger partial charge in [-0.15, -0.1) is 0 Å². The molecule has 3 aliphatic carbocycles. The molecular formula is C29H36FN3O3. The highest BCUT2D eigenvalue weighted by Gasteiger charge is 2.61. The van der Waals surface area contributed by atoms with Gasteiger partial charge in [-0.3, -0.25) is 14.5 Å². The number of fused-ring (bicyclic) bond motifs is 6. The van der Waals surface area contributed by atoms with E-state index in [0.29, 0.717) is 41.7 Å². The lowest BCUT2D eigenvalue weighted by Gasteiger charge is -2.39. The summed E-state index contributed by atoms with van der Waals surface area (Å²) >= 11 is 0. The zero-order chi connectivity index (χ0) is 24.4. The fourth-order valence-electron chi connectivity index (χ4n) is 8.60. The summed E-state index contributed by atoms with van der Waals surface area (Å²) < 4.78 is 18.9. The van der Waals surface area contributed by atoms with E-state index in [-0.39, 0.29) is 29.5 Å². The van der Waals surface area contributed by atoms with Crippen molar-refractivity contribution in [2.75, 3.05) is 26.2 Å². The Morgan fingerprint density at radius 2 is 1.56 bits per heavy atom. The number of imide groups is 1. The number of hydrogen-bond donors (Lipinski definition) is 0. The van der Waals surface area contributed by atoms with Gasteiger partial charge < -0.3 is 9.42 Å². The predicted molar refractivity (Wildman–Crippen MR) is 132 cm³/mol. The number of halogens is 1. The second kappa shape index (κ2) is 8.93. The molecule has 1 aromatic carbocycles. The van der Waals surface area contributed by atoms with E-state index in [1.54, 1.807) is 11.0 Å². The largest absolute Gasteiger partial charge is 0.356 e. The second-order valence-corrected chi connectivity index (χ2v) is 12.3. The van der Waals surface area contributed by atoms with Crippen molar-refractivity contribution >= 4 is 22.8 Å². The Hall–Kier alpha value is -2.28. The molecule has 7 heteroatoms. The Labute approximate surface area is 211 Å². The van der Waals surface area contributed by atoms with Crippen molar-refractivity contribution in [3.8, 4) is 0 Å². The first-order valence-corrected chi connectivity index (χ1v) is 14.2. The Morgan fingerprint density at radius 1 is 0.889 bits per heavy atom. The summed E-state index contributed by atoms with van der Waals surface area (Å²) in [4.78, 5) is 30.8. The molecule has 2 saturated heterocycles. The molecule has 2 amide bonds. The lowest BCUT2D eigenvalue weighted by Crippen LogP contribution is -2.44. The number of likely N-dealkylation sites (tertiary alicyclic amines) is 2. The molecule has 2 aliphatic heterocycles. The van der Waals surface area contributed by atoms with E-state index in [9.17, 15) is 14.0 Å². The molecule has 192 valence electrons. The van der Waals surface area contributed by atoms with Crippen LogP contribution in [0.3, 0.4) is 0 Å². The van der Waals surface area contributed by atoms with Crippen LogP contribution in [0.25, 0.3) is 11.0 Å². The van der Waals surface area contributed by atoms with E-state index in [1.807, 2.05) is 0 Å². The van der Waals surface area contributed by atoms with Crippen LogP contribution in [0.4, 0.5) is 4.39 Å². The van der Waals surface area contributed by atoms with Gasteiger partial charge in [0.1, 0.15) is 5.82 Å². The van der Waals surface area contributed by atoms with Crippen LogP contribution in [0.5, 0.6) is 0 Å². The molecule has 5 aliphatic rings. The van der Waals surface area contributed by atoms with Crippen LogP contribution in [0.1, 0.15) is 69.4 Å². The molecule has 2 bridgehead atoms. The Kier molecular flexibility index (Phi) is 5.68. The van der Waals surface area contributed by atoms with Gasteiger partial charge in [-0.05, 0) is 93.8 Å². The van der Waals surface area contributed by atoms with Crippen molar-refractivity contribution in [3.05, 3.63) is 29.7 Å². The van der Waals surface area contributed by atoms with Crippen LogP contribution in [-0.2, 0) is 9.59 Å². The third-order valence-electron chi connectivity index (χ3n) is 10.4. The monoisotopic (exact) mass is 493 g/mol. The van der Waals surface area contributed by atoms with Crippen molar-refractivity contribution in [2.24, 2.45) is 35.5 Å². The normalized spacial score (nSPS) is 35.3. The zero-order valence-corrected chi connectivity index (χ0v) is 20.9. The van der Waals surface area contributed by atoms with Crippen molar-refractivity contribution in [1.29, 1.82) is 0 Å². The maximum atomic E-state index is 13.5. The summed E-state index contributed by atoms with van der Waals surface area (Å²) in [5.41, 5.74) is 1.49. The molecule has 3 saturated carbocycles. The summed E-state index contributed by atoms with van der Waals surface area (Å²) in [5, 5.41) is 5.22. The van der Waals surface area contributed by atoms with Crippen LogP contribution in [0, 0.1) is 41.3 Å². The quantitative estimate of drug-likeness (QED) is 0.550. The number of amides is 2. The molecule has 7 rings (SSSR count). The zero-order valence-electron chi connectivity index (χ0n) is 20.9. The first-order valence-electron chi connectivity index (χ1n) is 14.2. The number of aromatic nitrogens is 1. The SMILES string of the molecule is O=C1C2C3CCC(C3)C2C(=O)N1CC1CCCCC1CN1CCC(c2noc3cc(F)ccc23)CC1. The Bertz CT molecular complexity index is 1140. The molecule has 5 fully saturated rings. The molecule has 2 aromatic rings. The number of piperidine rings is 1. The number of nitrogens with zero attached hydrogens (tertiary/aromatic N) is 3. The summed E-state index contributed by atoms with van der Waals surface area (Å²) in [6, 6.07) is 4.68. The minimum Gasteiger partial charge on any atom is -0.356 e. The van der Waals surface area contributed by atoms with Gasteiger partial charge in [0.25, 0.3) is 0 Å². The van der Waals surface area contributed by atoms with Crippen LogP contribution >= 0.6 is 0 Å². The van der Waals surface area contributed by atoms with E-state index in [2.05, 4.69) is 10.1 Å². The fourth-order valence-corrected chi connectivity index (χ4v) is 8.60. The fraction of sp³-hybridized carbons (Fsp3) is 0.690. The molecule has 0 N–H and O–H groups in total. The standard InChI is InChI=1S/C29H36FN3O3/c30-22-7-8-23-24(14-22)36-31-27(23)17-9-11-32(12-10-17)15-20-3-1-2-4-21(20)16-33-28(34)25-18-5-6-19(13-18)26(25)29(33)35/h7-8,14,17-21,25-26H,1-6,9-13,15-16H2. The van der Waals surface area contributed by atoms with Crippen molar-refractivity contribution in [1.82, 2.24) is 15.0 Å². The van der Waals surface area contributed by atoms with Crippen LogP contribution in [0.2, 0.25) is 0 Å². The van der Waals surface area contributed by atoms with Gasteiger partial charge in [0, 0.05) is 30.5 Å². The third-order valence-corrected chi connectivity index (χ3v) is 10.4. The van der Waals surface area contributed by atoms with Gasteiger partial charge in [0.15, 0.2) is 5.58 Å². The van der Waals surface area contributed by atoms with Gasteiger partial charge >= 0.3 is 0 Å².